The number of carbonyl (C=O) groups is 2. The topological polar surface area (TPSA) is 75.2 Å². The second-order valence-corrected chi connectivity index (χ2v) is 6.17. The van der Waals surface area contributed by atoms with Crippen LogP contribution in [-0.4, -0.2) is 45.4 Å². The van der Waals surface area contributed by atoms with Crippen molar-refractivity contribution < 1.29 is 9.59 Å². The fraction of sp³-hybridized carbons (Fsp3) is 0.692. The van der Waals surface area contributed by atoms with Crippen LogP contribution in [0.3, 0.4) is 0 Å². The van der Waals surface area contributed by atoms with E-state index in [2.05, 4.69) is 14.9 Å². The van der Waals surface area contributed by atoms with E-state index in [1.807, 2.05) is 11.8 Å². The lowest BCUT2D eigenvalue weighted by Crippen LogP contribution is -2.55. The standard InChI is InChI=1S/C13H18N4O2S/c1-2-9-12(20-16-15-9)13(19)17-6-5-10-8(7-17)3-4-11(18)14-10/h8,10H,2-7H2,1H3,(H,14,18). The van der Waals surface area contributed by atoms with E-state index in [9.17, 15) is 9.59 Å². The molecule has 0 aliphatic carbocycles. The van der Waals surface area contributed by atoms with Gasteiger partial charge >= 0.3 is 0 Å². The lowest BCUT2D eigenvalue weighted by molar-refractivity contribution is -0.125. The predicted octanol–water partition coefficient (Wildman–Crippen LogP) is 0.841. The van der Waals surface area contributed by atoms with Gasteiger partial charge in [0.1, 0.15) is 4.88 Å². The van der Waals surface area contributed by atoms with Gasteiger partial charge in [-0.1, -0.05) is 11.4 Å². The number of carbonyl (C=O) groups excluding carboxylic acids is 2. The van der Waals surface area contributed by atoms with Gasteiger partial charge in [-0.2, -0.15) is 0 Å². The number of hydrogen-bond donors (Lipinski definition) is 1. The molecule has 1 aromatic heterocycles. The van der Waals surface area contributed by atoms with Gasteiger partial charge in [-0.15, -0.1) is 5.10 Å². The number of aryl methyl sites for hydroxylation is 1. The SMILES string of the molecule is CCc1nnsc1C(=O)N1CCC2NC(=O)CCC2C1. The molecule has 0 saturated carbocycles. The molecule has 3 heterocycles. The number of aromatic nitrogens is 2. The van der Waals surface area contributed by atoms with Gasteiger partial charge in [0.2, 0.25) is 5.91 Å². The van der Waals surface area contributed by atoms with Gasteiger partial charge in [0.25, 0.3) is 5.91 Å². The van der Waals surface area contributed by atoms with Crippen LogP contribution >= 0.6 is 11.5 Å². The molecule has 3 rings (SSSR count). The summed E-state index contributed by atoms with van der Waals surface area (Å²) in [6, 6.07) is 0.241. The highest BCUT2D eigenvalue weighted by atomic mass is 32.1. The highest BCUT2D eigenvalue weighted by Gasteiger charge is 2.36. The zero-order valence-corrected chi connectivity index (χ0v) is 12.3. The number of likely N-dealkylation sites (tertiary alicyclic amines) is 1. The summed E-state index contributed by atoms with van der Waals surface area (Å²) in [5, 5.41) is 7.04. The van der Waals surface area contributed by atoms with E-state index in [1.165, 1.54) is 11.5 Å². The highest BCUT2D eigenvalue weighted by molar-refractivity contribution is 7.08. The van der Waals surface area contributed by atoms with Crippen molar-refractivity contribution in [1.29, 1.82) is 0 Å². The molecular formula is C13H18N4O2S. The van der Waals surface area contributed by atoms with Crippen molar-refractivity contribution in [3.8, 4) is 0 Å². The molecule has 0 radical (unpaired) electrons. The Kier molecular flexibility index (Phi) is 3.69. The van der Waals surface area contributed by atoms with Crippen molar-refractivity contribution in [2.75, 3.05) is 13.1 Å². The molecule has 2 aliphatic rings. The maximum absolute atomic E-state index is 12.5. The number of fused-ring (bicyclic) bond motifs is 1. The Balaban J connectivity index is 1.70. The molecule has 2 saturated heterocycles. The molecule has 0 spiro atoms. The first kappa shape index (κ1) is 13.5. The Morgan fingerprint density at radius 3 is 3.15 bits per heavy atom. The third-order valence-corrected chi connectivity index (χ3v) is 4.95. The number of piperidine rings is 2. The number of hydrogen-bond acceptors (Lipinski definition) is 5. The van der Waals surface area contributed by atoms with Crippen molar-refractivity contribution in [2.45, 2.75) is 38.6 Å². The van der Waals surface area contributed by atoms with E-state index < -0.39 is 0 Å². The van der Waals surface area contributed by atoms with Crippen LogP contribution in [0.2, 0.25) is 0 Å². The number of nitrogens with one attached hydrogen (secondary N) is 1. The first-order valence-corrected chi connectivity index (χ1v) is 7.86. The molecule has 6 nitrogen and oxygen atoms in total. The summed E-state index contributed by atoms with van der Waals surface area (Å²) in [5.74, 6) is 0.578. The Bertz CT molecular complexity index is 530. The van der Waals surface area contributed by atoms with Crippen LogP contribution < -0.4 is 5.32 Å². The van der Waals surface area contributed by atoms with Crippen LogP contribution in [-0.2, 0) is 11.2 Å². The molecule has 2 fully saturated rings. The highest BCUT2D eigenvalue weighted by Crippen LogP contribution is 2.27. The van der Waals surface area contributed by atoms with Crippen LogP contribution in [0, 0.1) is 5.92 Å². The van der Waals surface area contributed by atoms with Gasteiger partial charge in [-0.05, 0) is 36.7 Å². The van der Waals surface area contributed by atoms with Crippen molar-refractivity contribution in [3.05, 3.63) is 10.6 Å². The van der Waals surface area contributed by atoms with Crippen molar-refractivity contribution in [1.82, 2.24) is 19.8 Å². The lowest BCUT2D eigenvalue weighted by Gasteiger charge is -2.41. The first-order chi connectivity index (χ1) is 9.69. The summed E-state index contributed by atoms with van der Waals surface area (Å²) >= 11 is 1.18. The van der Waals surface area contributed by atoms with E-state index in [0.717, 1.165) is 31.5 Å². The molecule has 7 heteroatoms. The van der Waals surface area contributed by atoms with Gasteiger partial charge < -0.3 is 10.2 Å². The summed E-state index contributed by atoms with van der Waals surface area (Å²) in [4.78, 5) is 26.5. The Morgan fingerprint density at radius 2 is 2.35 bits per heavy atom. The molecule has 2 aliphatic heterocycles. The van der Waals surface area contributed by atoms with Gasteiger partial charge in [0, 0.05) is 25.6 Å². The van der Waals surface area contributed by atoms with E-state index in [4.69, 9.17) is 0 Å². The fourth-order valence-electron chi connectivity index (χ4n) is 3.04. The van der Waals surface area contributed by atoms with E-state index >= 15 is 0 Å². The predicted molar refractivity (Wildman–Crippen MR) is 74.5 cm³/mol. The maximum Gasteiger partial charge on any atom is 0.267 e. The molecule has 1 aromatic rings. The quantitative estimate of drug-likeness (QED) is 0.877. The largest absolute Gasteiger partial charge is 0.353 e. The minimum absolute atomic E-state index is 0.0483. The Hall–Kier alpha value is -1.50. The summed E-state index contributed by atoms with van der Waals surface area (Å²) in [6.45, 7) is 3.41. The van der Waals surface area contributed by atoms with Gasteiger partial charge in [0.15, 0.2) is 0 Å². The van der Waals surface area contributed by atoms with Gasteiger partial charge in [0.05, 0.1) is 5.69 Å². The summed E-state index contributed by atoms with van der Waals surface area (Å²) in [7, 11) is 0. The molecule has 108 valence electrons. The maximum atomic E-state index is 12.5. The third kappa shape index (κ3) is 2.42. The van der Waals surface area contributed by atoms with E-state index in [1.54, 1.807) is 0 Å². The number of amides is 2. The van der Waals surface area contributed by atoms with Crippen molar-refractivity contribution in [3.63, 3.8) is 0 Å². The lowest BCUT2D eigenvalue weighted by atomic mass is 9.85. The van der Waals surface area contributed by atoms with Crippen LogP contribution in [0.5, 0.6) is 0 Å². The zero-order chi connectivity index (χ0) is 14.1. The minimum atomic E-state index is 0.0483. The molecule has 20 heavy (non-hydrogen) atoms. The monoisotopic (exact) mass is 294 g/mol. The Labute approximate surface area is 121 Å². The molecule has 2 atom stereocenters. The van der Waals surface area contributed by atoms with Crippen LogP contribution in [0.4, 0.5) is 0 Å². The van der Waals surface area contributed by atoms with Crippen LogP contribution in [0.15, 0.2) is 0 Å². The van der Waals surface area contributed by atoms with Gasteiger partial charge in [-0.3, -0.25) is 9.59 Å². The van der Waals surface area contributed by atoms with E-state index in [0.29, 0.717) is 23.8 Å². The molecule has 2 unspecified atom stereocenters. The summed E-state index contributed by atoms with van der Waals surface area (Å²) in [5.41, 5.74) is 0.791. The van der Waals surface area contributed by atoms with Crippen molar-refractivity contribution in [2.24, 2.45) is 5.92 Å². The summed E-state index contributed by atoms with van der Waals surface area (Å²) in [6.07, 6.45) is 3.02. The van der Waals surface area contributed by atoms with Crippen LogP contribution in [0.1, 0.15) is 41.6 Å². The smallest absolute Gasteiger partial charge is 0.267 e. The van der Waals surface area contributed by atoms with Crippen molar-refractivity contribution >= 4 is 23.3 Å². The molecule has 0 bridgehead atoms. The second kappa shape index (κ2) is 5.47. The number of nitrogens with zero attached hydrogens (tertiary/aromatic N) is 3. The zero-order valence-electron chi connectivity index (χ0n) is 11.5. The molecule has 1 N–H and O–H groups in total. The first-order valence-electron chi connectivity index (χ1n) is 7.09. The molecule has 0 aromatic carbocycles. The molecule has 2 amide bonds. The normalized spacial score (nSPS) is 26.1. The van der Waals surface area contributed by atoms with Crippen LogP contribution in [0.25, 0.3) is 0 Å². The van der Waals surface area contributed by atoms with Gasteiger partial charge in [-0.25, -0.2) is 0 Å². The average Bonchev–Trinajstić information content (AvgIpc) is 2.94. The minimum Gasteiger partial charge on any atom is -0.353 e. The molecular weight excluding hydrogens is 276 g/mol. The second-order valence-electron chi connectivity index (χ2n) is 5.41. The number of rotatable bonds is 2. The fourth-order valence-corrected chi connectivity index (χ4v) is 3.76. The summed E-state index contributed by atoms with van der Waals surface area (Å²) < 4.78 is 3.89. The third-order valence-electron chi connectivity index (χ3n) is 4.19. The Morgan fingerprint density at radius 1 is 1.50 bits per heavy atom. The van der Waals surface area contributed by atoms with E-state index in [-0.39, 0.29) is 17.9 Å². The average molecular weight is 294 g/mol.